The molecule has 0 saturated carbocycles. The van der Waals surface area contributed by atoms with E-state index in [9.17, 15) is 0 Å². The number of aromatic nitrogens is 2. The van der Waals surface area contributed by atoms with Gasteiger partial charge in [-0.05, 0) is 12.0 Å². The predicted octanol–water partition coefficient (Wildman–Crippen LogP) is 6.96. The molecule has 0 unspecified atom stereocenters. The monoisotopic (exact) mass is 501 g/mol. The number of allylic oxidation sites excluding steroid dienone is 4. The van der Waals surface area contributed by atoms with Crippen molar-refractivity contribution >= 4 is 34.6 Å². The molecule has 2 aromatic rings. The van der Waals surface area contributed by atoms with E-state index in [2.05, 4.69) is 50.5 Å². The van der Waals surface area contributed by atoms with Crippen LogP contribution >= 0.6 is 22.7 Å². The van der Waals surface area contributed by atoms with Crippen molar-refractivity contribution in [3.05, 3.63) is 63.7 Å². The molecule has 34 heavy (non-hydrogen) atoms. The van der Waals surface area contributed by atoms with E-state index in [0.29, 0.717) is 11.7 Å². The fourth-order valence-electron chi connectivity index (χ4n) is 3.04. The standard InChI is InChI=1S/C26H35N3O3S2/c1-17(2)10-8-9-11-18(3)25-29-21(16-34-25)26-28-20(15-33-26)12-13-22(30-5)19(4)23(31-6)14-24(27)32-7/h8-19,22,27H,1-7H3/b10-8+,11-9+,13-12+,23-14+,27-24?/t18-,19+,22-/m0/s1. The van der Waals surface area contributed by atoms with Crippen molar-refractivity contribution in [1.29, 1.82) is 5.41 Å². The normalized spacial score (nSPS) is 15.5. The summed E-state index contributed by atoms with van der Waals surface area (Å²) in [5, 5.41) is 13.8. The van der Waals surface area contributed by atoms with E-state index in [1.807, 2.05) is 24.5 Å². The Kier molecular flexibility index (Phi) is 11.4. The van der Waals surface area contributed by atoms with Gasteiger partial charge in [0.25, 0.3) is 0 Å². The Hall–Kier alpha value is -2.55. The van der Waals surface area contributed by atoms with Crippen LogP contribution in [0.25, 0.3) is 16.8 Å². The van der Waals surface area contributed by atoms with E-state index in [4.69, 9.17) is 29.6 Å². The quantitative estimate of drug-likeness (QED) is 0.147. The van der Waals surface area contributed by atoms with Gasteiger partial charge in [0.1, 0.15) is 16.5 Å². The average molecular weight is 502 g/mol. The van der Waals surface area contributed by atoms with Gasteiger partial charge in [0.15, 0.2) is 0 Å². The van der Waals surface area contributed by atoms with Gasteiger partial charge in [-0.2, -0.15) is 0 Å². The third-order valence-corrected chi connectivity index (χ3v) is 6.99. The van der Waals surface area contributed by atoms with Crippen LogP contribution in [0.1, 0.15) is 44.3 Å². The topological polar surface area (TPSA) is 77.3 Å². The zero-order valence-electron chi connectivity index (χ0n) is 20.9. The largest absolute Gasteiger partial charge is 0.501 e. The maximum absolute atomic E-state index is 7.71. The summed E-state index contributed by atoms with van der Waals surface area (Å²) in [6.07, 6.45) is 13.7. The summed E-state index contributed by atoms with van der Waals surface area (Å²) in [6.45, 7) is 8.46. The molecular formula is C26H35N3O3S2. The molecule has 0 amide bonds. The van der Waals surface area contributed by atoms with Crippen molar-refractivity contribution in [3.63, 3.8) is 0 Å². The Morgan fingerprint density at radius 2 is 1.68 bits per heavy atom. The number of nitrogens with one attached hydrogen (secondary N) is 1. The summed E-state index contributed by atoms with van der Waals surface area (Å²) in [5.41, 5.74) is 1.75. The smallest absolute Gasteiger partial charge is 0.208 e. The summed E-state index contributed by atoms with van der Waals surface area (Å²) in [7, 11) is 4.69. The highest BCUT2D eigenvalue weighted by atomic mass is 32.1. The first-order chi connectivity index (χ1) is 16.3. The Balaban J connectivity index is 2.09. The lowest BCUT2D eigenvalue weighted by molar-refractivity contribution is 0.0848. The van der Waals surface area contributed by atoms with Gasteiger partial charge in [0.2, 0.25) is 5.90 Å². The van der Waals surface area contributed by atoms with Gasteiger partial charge >= 0.3 is 0 Å². The second-order valence-electron chi connectivity index (χ2n) is 8.12. The lowest BCUT2D eigenvalue weighted by Gasteiger charge is -2.21. The van der Waals surface area contributed by atoms with E-state index in [-0.39, 0.29) is 23.8 Å². The van der Waals surface area contributed by atoms with E-state index >= 15 is 0 Å². The molecule has 0 saturated heterocycles. The van der Waals surface area contributed by atoms with Crippen molar-refractivity contribution in [2.45, 2.75) is 39.7 Å². The fourth-order valence-corrected chi connectivity index (χ4v) is 4.71. The Morgan fingerprint density at radius 1 is 0.941 bits per heavy atom. The van der Waals surface area contributed by atoms with Crippen molar-refractivity contribution in [2.75, 3.05) is 21.3 Å². The van der Waals surface area contributed by atoms with Crippen LogP contribution in [0.3, 0.4) is 0 Å². The highest BCUT2D eigenvalue weighted by Crippen LogP contribution is 2.30. The molecule has 0 aliphatic heterocycles. The van der Waals surface area contributed by atoms with Crippen LogP contribution in [0.2, 0.25) is 0 Å². The molecule has 0 aromatic carbocycles. The number of hydrogen-bond acceptors (Lipinski definition) is 8. The van der Waals surface area contributed by atoms with Gasteiger partial charge in [-0.3, -0.25) is 5.41 Å². The minimum atomic E-state index is -0.246. The summed E-state index contributed by atoms with van der Waals surface area (Å²) < 4.78 is 16.0. The van der Waals surface area contributed by atoms with Gasteiger partial charge in [0.05, 0.1) is 31.0 Å². The minimum absolute atomic E-state index is 0.0335. The molecule has 2 rings (SSSR count). The summed E-state index contributed by atoms with van der Waals surface area (Å²) in [6, 6.07) is 0. The zero-order valence-corrected chi connectivity index (χ0v) is 22.6. The molecule has 2 heterocycles. The SMILES string of the molecule is COC(=N)/C=C(/OC)[C@H](C)[C@H](/C=C/c1csc(-c2csc([C@@H](C)/C=C/C=C/C(C)C)n2)n1)OC. The second kappa shape index (κ2) is 14.0. The molecule has 0 spiro atoms. The molecule has 0 fully saturated rings. The molecule has 1 N–H and O–H groups in total. The van der Waals surface area contributed by atoms with Crippen LogP contribution in [0.5, 0.6) is 0 Å². The van der Waals surface area contributed by atoms with Crippen molar-refractivity contribution < 1.29 is 14.2 Å². The van der Waals surface area contributed by atoms with Crippen LogP contribution < -0.4 is 0 Å². The molecule has 0 aliphatic carbocycles. The Morgan fingerprint density at radius 3 is 2.32 bits per heavy atom. The van der Waals surface area contributed by atoms with Crippen LogP contribution in [0.15, 0.2) is 53.0 Å². The first kappa shape index (κ1) is 27.7. The maximum atomic E-state index is 7.71. The Labute approximate surface area is 211 Å². The molecule has 0 radical (unpaired) electrons. The minimum Gasteiger partial charge on any atom is -0.501 e. The number of rotatable bonds is 12. The van der Waals surface area contributed by atoms with E-state index in [0.717, 1.165) is 21.4 Å². The molecule has 6 nitrogen and oxygen atoms in total. The number of ether oxygens (including phenoxy) is 3. The maximum Gasteiger partial charge on any atom is 0.208 e. The highest BCUT2D eigenvalue weighted by Gasteiger charge is 2.20. The number of methoxy groups -OCH3 is 3. The molecule has 2 aromatic heterocycles. The molecule has 184 valence electrons. The lowest BCUT2D eigenvalue weighted by Crippen LogP contribution is -2.21. The first-order valence-electron chi connectivity index (χ1n) is 11.1. The number of thiazole rings is 2. The third-order valence-electron chi connectivity index (χ3n) is 5.06. The number of hydrogen-bond donors (Lipinski definition) is 1. The zero-order chi connectivity index (χ0) is 25.1. The molecule has 0 aliphatic rings. The second-order valence-corrected chi connectivity index (χ2v) is 9.87. The third kappa shape index (κ3) is 8.34. The summed E-state index contributed by atoms with van der Waals surface area (Å²) in [5.74, 6) is 1.34. The van der Waals surface area contributed by atoms with Crippen molar-refractivity contribution in [3.8, 4) is 10.7 Å². The van der Waals surface area contributed by atoms with Crippen LogP contribution in [0.4, 0.5) is 0 Å². The van der Waals surface area contributed by atoms with Crippen molar-refractivity contribution in [1.82, 2.24) is 9.97 Å². The number of nitrogens with zero attached hydrogens (tertiary/aromatic N) is 2. The predicted molar refractivity (Wildman–Crippen MR) is 144 cm³/mol. The molecular weight excluding hydrogens is 466 g/mol. The van der Waals surface area contributed by atoms with Gasteiger partial charge in [0, 0.05) is 35.8 Å². The average Bonchev–Trinajstić information content (AvgIpc) is 3.50. The highest BCUT2D eigenvalue weighted by molar-refractivity contribution is 7.14. The van der Waals surface area contributed by atoms with Crippen LogP contribution in [0, 0.1) is 17.2 Å². The van der Waals surface area contributed by atoms with Gasteiger partial charge in [-0.15, -0.1) is 22.7 Å². The van der Waals surface area contributed by atoms with Crippen molar-refractivity contribution in [2.24, 2.45) is 11.8 Å². The van der Waals surface area contributed by atoms with Gasteiger partial charge < -0.3 is 14.2 Å². The van der Waals surface area contributed by atoms with Crippen LogP contribution in [-0.4, -0.2) is 43.3 Å². The first-order valence-corrected chi connectivity index (χ1v) is 12.9. The molecule has 8 heteroatoms. The molecule has 0 bridgehead atoms. The summed E-state index contributed by atoms with van der Waals surface area (Å²) >= 11 is 3.23. The lowest BCUT2D eigenvalue weighted by atomic mass is 10.0. The van der Waals surface area contributed by atoms with E-state index in [1.165, 1.54) is 7.11 Å². The van der Waals surface area contributed by atoms with Gasteiger partial charge in [-0.25, -0.2) is 9.97 Å². The molecule has 3 atom stereocenters. The van der Waals surface area contributed by atoms with Crippen LogP contribution in [-0.2, 0) is 14.2 Å². The van der Waals surface area contributed by atoms with Gasteiger partial charge in [-0.1, -0.05) is 58.1 Å². The van der Waals surface area contributed by atoms with E-state index < -0.39 is 0 Å². The van der Waals surface area contributed by atoms with E-state index in [1.54, 1.807) is 43.0 Å². The Bertz CT molecular complexity index is 1030. The summed E-state index contributed by atoms with van der Waals surface area (Å²) in [4.78, 5) is 9.53. The fraction of sp³-hybridized carbons (Fsp3) is 0.423.